The number of benzene rings is 1. The first kappa shape index (κ1) is 13.9. The van der Waals surface area contributed by atoms with Crippen LogP contribution >= 0.6 is 0 Å². The van der Waals surface area contributed by atoms with Gasteiger partial charge in [0.25, 0.3) is 0 Å². The predicted octanol–water partition coefficient (Wildman–Crippen LogP) is 4.93. The Morgan fingerprint density at radius 3 is 3.00 bits per heavy atom. The minimum Gasteiger partial charge on any atom is -0.497 e. The summed E-state index contributed by atoms with van der Waals surface area (Å²) in [6, 6.07) is 8.35. The van der Waals surface area contributed by atoms with Crippen molar-refractivity contribution in [2.24, 2.45) is 5.41 Å². The predicted molar refractivity (Wildman–Crippen MR) is 81.6 cm³/mol. The maximum atomic E-state index is 5.26. The van der Waals surface area contributed by atoms with E-state index < -0.39 is 0 Å². The molecule has 1 aromatic rings. The van der Waals surface area contributed by atoms with Crippen molar-refractivity contribution in [3.05, 3.63) is 54.1 Å². The van der Waals surface area contributed by atoms with Gasteiger partial charge in [-0.3, -0.25) is 0 Å². The minimum atomic E-state index is 0.244. The summed E-state index contributed by atoms with van der Waals surface area (Å²) in [6.45, 7) is 6.31. The van der Waals surface area contributed by atoms with Gasteiger partial charge in [-0.15, -0.1) is 6.58 Å². The van der Waals surface area contributed by atoms with Gasteiger partial charge in [0.2, 0.25) is 0 Å². The van der Waals surface area contributed by atoms with E-state index in [1.165, 1.54) is 24.8 Å². The van der Waals surface area contributed by atoms with E-state index in [1.54, 1.807) is 12.7 Å². The number of hydrogen-bond acceptors (Lipinski definition) is 1. The molecule has 0 radical (unpaired) electrons. The molecule has 0 spiro atoms. The zero-order valence-electron chi connectivity index (χ0n) is 12.1. The molecule has 0 bridgehead atoms. The largest absolute Gasteiger partial charge is 0.497 e. The maximum absolute atomic E-state index is 5.26. The maximum Gasteiger partial charge on any atom is 0.119 e. The molecule has 0 heterocycles. The highest BCUT2D eigenvalue weighted by Crippen LogP contribution is 2.43. The summed E-state index contributed by atoms with van der Waals surface area (Å²) in [5, 5.41) is 0. The zero-order chi connectivity index (χ0) is 13.7. The molecule has 0 saturated heterocycles. The van der Waals surface area contributed by atoms with Crippen LogP contribution in [-0.4, -0.2) is 7.11 Å². The molecule has 1 unspecified atom stereocenters. The number of rotatable bonds is 5. The topological polar surface area (TPSA) is 9.23 Å². The fourth-order valence-electron chi connectivity index (χ4n) is 2.90. The number of allylic oxidation sites excluding steroid dienone is 3. The van der Waals surface area contributed by atoms with Crippen molar-refractivity contribution in [1.82, 2.24) is 0 Å². The summed E-state index contributed by atoms with van der Waals surface area (Å²) in [5.41, 5.74) is 3.16. The molecule has 1 saturated carbocycles. The number of aryl methyl sites for hydroxylation is 1. The van der Waals surface area contributed by atoms with Crippen LogP contribution in [0.5, 0.6) is 5.75 Å². The van der Waals surface area contributed by atoms with Gasteiger partial charge in [0.1, 0.15) is 5.75 Å². The summed E-state index contributed by atoms with van der Waals surface area (Å²) in [4.78, 5) is 0. The standard InChI is InChI=1S/C18H24O/c1-4-18(2)13-7-11-16(18)10-5-8-15-9-6-12-17(14-15)19-3/h4,6,9-10,12,14H,1,5,7-8,11,13H2,2-3H3. The van der Waals surface area contributed by atoms with E-state index in [0.717, 1.165) is 18.6 Å². The molecular formula is C18H24O. The molecule has 2 rings (SSSR count). The van der Waals surface area contributed by atoms with E-state index in [0.29, 0.717) is 0 Å². The van der Waals surface area contributed by atoms with E-state index in [2.05, 4.69) is 43.9 Å². The van der Waals surface area contributed by atoms with Crippen LogP contribution < -0.4 is 4.74 Å². The van der Waals surface area contributed by atoms with Crippen LogP contribution in [0.4, 0.5) is 0 Å². The fourth-order valence-corrected chi connectivity index (χ4v) is 2.90. The molecule has 1 fully saturated rings. The van der Waals surface area contributed by atoms with Gasteiger partial charge in [-0.1, -0.05) is 36.8 Å². The molecule has 1 nitrogen and oxygen atoms in total. The lowest BCUT2D eigenvalue weighted by atomic mass is 9.84. The first-order valence-electron chi connectivity index (χ1n) is 7.14. The van der Waals surface area contributed by atoms with Crippen molar-refractivity contribution in [3.8, 4) is 5.75 Å². The average Bonchev–Trinajstić information content (AvgIpc) is 2.81. The molecule has 1 aliphatic rings. The number of methoxy groups -OCH3 is 1. The summed E-state index contributed by atoms with van der Waals surface area (Å²) in [7, 11) is 1.72. The lowest BCUT2D eigenvalue weighted by Crippen LogP contribution is -2.09. The van der Waals surface area contributed by atoms with Crippen molar-refractivity contribution < 1.29 is 4.74 Å². The second kappa shape index (κ2) is 6.10. The molecule has 1 heteroatoms. The minimum absolute atomic E-state index is 0.244. The van der Waals surface area contributed by atoms with Gasteiger partial charge in [0.15, 0.2) is 0 Å². The van der Waals surface area contributed by atoms with Crippen molar-refractivity contribution in [3.63, 3.8) is 0 Å². The zero-order valence-corrected chi connectivity index (χ0v) is 12.1. The lowest BCUT2D eigenvalue weighted by Gasteiger charge is -2.21. The third kappa shape index (κ3) is 3.28. The Hall–Kier alpha value is -1.50. The highest BCUT2D eigenvalue weighted by Gasteiger charge is 2.29. The quantitative estimate of drug-likeness (QED) is 0.679. The molecule has 0 amide bonds. The molecule has 0 aliphatic heterocycles. The first-order valence-corrected chi connectivity index (χ1v) is 7.14. The molecule has 1 aromatic carbocycles. The van der Waals surface area contributed by atoms with E-state index in [-0.39, 0.29) is 5.41 Å². The monoisotopic (exact) mass is 256 g/mol. The van der Waals surface area contributed by atoms with Gasteiger partial charge in [-0.25, -0.2) is 0 Å². The summed E-state index contributed by atoms with van der Waals surface area (Å²) >= 11 is 0. The molecule has 19 heavy (non-hydrogen) atoms. The lowest BCUT2D eigenvalue weighted by molar-refractivity contribution is 0.414. The highest BCUT2D eigenvalue weighted by atomic mass is 16.5. The van der Waals surface area contributed by atoms with Gasteiger partial charge >= 0.3 is 0 Å². The average molecular weight is 256 g/mol. The van der Waals surface area contributed by atoms with Crippen molar-refractivity contribution in [2.45, 2.75) is 39.0 Å². The van der Waals surface area contributed by atoms with Crippen LogP contribution in [0.3, 0.4) is 0 Å². The normalized spacial score (nSPS) is 24.6. The third-order valence-corrected chi connectivity index (χ3v) is 4.28. The Kier molecular flexibility index (Phi) is 4.47. The number of ether oxygens (including phenoxy) is 1. The van der Waals surface area contributed by atoms with Crippen molar-refractivity contribution in [2.75, 3.05) is 7.11 Å². The molecule has 0 N–H and O–H groups in total. The van der Waals surface area contributed by atoms with Crippen molar-refractivity contribution >= 4 is 0 Å². The van der Waals surface area contributed by atoms with Gasteiger partial charge in [0, 0.05) is 5.41 Å². The third-order valence-electron chi connectivity index (χ3n) is 4.28. The Morgan fingerprint density at radius 1 is 1.42 bits per heavy atom. The van der Waals surface area contributed by atoms with Gasteiger partial charge in [-0.05, 0) is 49.8 Å². The van der Waals surface area contributed by atoms with Gasteiger partial charge in [0.05, 0.1) is 7.11 Å². The first-order chi connectivity index (χ1) is 9.18. The smallest absolute Gasteiger partial charge is 0.119 e. The van der Waals surface area contributed by atoms with Gasteiger partial charge < -0.3 is 4.74 Å². The van der Waals surface area contributed by atoms with Crippen LogP contribution in [0, 0.1) is 5.41 Å². The van der Waals surface area contributed by atoms with E-state index in [4.69, 9.17) is 4.74 Å². The molecule has 102 valence electrons. The van der Waals surface area contributed by atoms with Crippen LogP contribution in [0.15, 0.2) is 48.6 Å². The van der Waals surface area contributed by atoms with Crippen LogP contribution in [-0.2, 0) is 6.42 Å². The second-order valence-corrected chi connectivity index (χ2v) is 5.59. The fraction of sp³-hybridized carbons (Fsp3) is 0.444. The van der Waals surface area contributed by atoms with Crippen LogP contribution in [0.25, 0.3) is 0 Å². The Morgan fingerprint density at radius 2 is 2.26 bits per heavy atom. The van der Waals surface area contributed by atoms with Crippen LogP contribution in [0.2, 0.25) is 0 Å². The molecule has 0 aromatic heterocycles. The number of hydrogen-bond donors (Lipinski definition) is 0. The summed E-state index contributed by atoms with van der Waals surface area (Å²) in [6.07, 6.45) is 10.5. The summed E-state index contributed by atoms with van der Waals surface area (Å²) in [5.74, 6) is 0.946. The Labute approximate surface area is 117 Å². The SMILES string of the molecule is C=CC1(C)CCCC1=CCCc1cccc(OC)c1. The Bertz CT molecular complexity index is 472. The summed E-state index contributed by atoms with van der Waals surface area (Å²) < 4.78 is 5.26. The van der Waals surface area contributed by atoms with Crippen LogP contribution in [0.1, 0.15) is 38.2 Å². The molecular weight excluding hydrogens is 232 g/mol. The molecule has 1 aliphatic carbocycles. The Balaban J connectivity index is 1.97. The van der Waals surface area contributed by atoms with Crippen molar-refractivity contribution in [1.29, 1.82) is 0 Å². The van der Waals surface area contributed by atoms with E-state index in [9.17, 15) is 0 Å². The molecule has 1 atom stereocenters. The van der Waals surface area contributed by atoms with E-state index >= 15 is 0 Å². The van der Waals surface area contributed by atoms with E-state index in [1.807, 2.05) is 6.07 Å². The highest BCUT2D eigenvalue weighted by molar-refractivity contribution is 5.29. The second-order valence-electron chi connectivity index (χ2n) is 5.59. The van der Waals surface area contributed by atoms with Gasteiger partial charge in [-0.2, -0.15) is 0 Å².